The second kappa shape index (κ2) is 6.58. The Morgan fingerprint density at radius 1 is 1.05 bits per heavy atom. The van der Waals surface area contributed by atoms with Gasteiger partial charge in [-0.2, -0.15) is 0 Å². The lowest BCUT2D eigenvalue weighted by Gasteiger charge is -2.15. The fourth-order valence-electron chi connectivity index (χ4n) is 1.87. The van der Waals surface area contributed by atoms with E-state index in [9.17, 15) is 0 Å². The highest BCUT2D eigenvalue weighted by molar-refractivity contribution is 9.10. The zero-order valence-electron chi connectivity index (χ0n) is 11.0. The molecule has 0 atom stereocenters. The highest BCUT2D eigenvalue weighted by Gasteiger charge is 2.09. The van der Waals surface area contributed by atoms with Gasteiger partial charge in [0.1, 0.15) is 12.4 Å². The van der Waals surface area contributed by atoms with Crippen molar-refractivity contribution in [2.45, 2.75) is 26.4 Å². The van der Waals surface area contributed by atoms with Crippen LogP contribution in [0.2, 0.25) is 0 Å². The Bertz CT molecular complexity index is 564. The van der Waals surface area contributed by atoms with Crippen molar-refractivity contribution in [1.29, 1.82) is 0 Å². The van der Waals surface area contributed by atoms with Crippen LogP contribution in [0.3, 0.4) is 0 Å². The third-order valence-electron chi connectivity index (χ3n) is 2.93. The quantitative estimate of drug-likeness (QED) is 0.637. The van der Waals surface area contributed by atoms with E-state index in [1.165, 1.54) is 5.56 Å². The van der Waals surface area contributed by atoms with Gasteiger partial charge in [-0.1, -0.05) is 63.9 Å². The molecule has 2 aromatic rings. The Morgan fingerprint density at radius 2 is 1.79 bits per heavy atom. The molecule has 2 rings (SSSR count). The molecule has 0 unspecified atom stereocenters. The summed E-state index contributed by atoms with van der Waals surface area (Å²) in [6, 6.07) is 14.3. The smallest absolute Gasteiger partial charge is 0.123 e. The fraction of sp³-hybridized carbons (Fsp3) is 0.250. The lowest BCUT2D eigenvalue weighted by molar-refractivity contribution is 0.301. The number of benzene rings is 2. The molecule has 0 bridgehead atoms. The van der Waals surface area contributed by atoms with E-state index in [2.05, 4.69) is 57.8 Å². The molecule has 3 heteroatoms. The predicted octanol–water partition coefficient (Wildman–Crippen LogP) is 5.91. The van der Waals surface area contributed by atoms with Gasteiger partial charge in [0.05, 0.1) is 0 Å². The summed E-state index contributed by atoms with van der Waals surface area (Å²) in [5.41, 5.74) is 2.38. The Morgan fingerprint density at radius 3 is 2.47 bits per heavy atom. The Kier molecular flexibility index (Phi) is 5.06. The van der Waals surface area contributed by atoms with Gasteiger partial charge in [-0.25, -0.2) is 0 Å². The van der Waals surface area contributed by atoms with E-state index >= 15 is 0 Å². The zero-order chi connectivity index (χ0) is 13.8. The minimum atomic E-state index is 0.437. The van der Waals surface area contributed by atoms with Crippen molar-refractivity contribution in [2.75, 3.05) is 0 Å². The molecule has 0 aliphatic carbocycles. The van der Waals surface area contributed by atoms with Gasteiger partial charge >= 0.3 is 0 Å². The molecule has 0 aliphatic heterocycles. The first-order valence-corrected chi connectivity index (χ1v) is 7.82. The monoisotopic (exact) mass is 382 g/mol. The largest absolute Gasteiger partial charge is 0.489 e. The molecule has 0 spiro atoms. The molecule has 0 radical (unpaired) electrons. The van der Waals surface area contributed by atoms with Crippen LogP contribution in [0.1, 0.15) is 30.9 Å². The van der Waals surface area contributed by atoms with Crippen LogP contribution in [0.5, 0.6) is 5.75 Å². The van der Waals surface area contributed by atoms with Crippen LogP contribution in [0, 0.1) is 0 Å². The summed E-state index contributed by atoms with van der Waals surface area (Å²) >= 11 is 7.05. The molecule has 0 saturated heterocycles. The fourth-order valence-corrected chi connectivity index (χ4v) is 2.65. The molecule has 0 aromatic heterocycles. The molecule has 0 saturated carbocycles. The van der Waals surface area contributed by atoms with Gasteiger partial charge < -0.3 is 4.74 Å². The van der Waals surface area contributed by atoms with Gasteiger partial charge in [0, 0.05) is 14.5 Å². The van der Waals surface area contributed by atoms with E-state index in [1.807, 2.05) is 30.3 Å². The van der Waals surface area contributed by atoms with E-state index in [4.69, 9.17) is 4.74 Å². The molecule has 1 nitrogen and oxygen atoms in total. The van der Waals surface area contributed by atoms with Crippen LogP contribution < -0.4 is 4.74 Å². The van der Waals surface area contributed by atoms with Crippen molar-refractivity contribution < 1.29 is 4.74 Å². The summed E-state index contributed by atoms with van der Waals surface area (Å²) < 4.78 is 8.14. The van der Waals surface area contributed by atoms with Gasteiger partial charge in [0.25, 0.3) is 0 Å². The molecule has 0 fully saturated rings. The van der Waals surface area contributed by atoms with Gasteiger partial charge in [-0.05, 0) is 35.7 Å². The van der Waals surface area contributed by atoms with Crippen molar-refractivity contribution in [3.63, 3.8) is 0 Å². The van der Waals surface area contributed by atoms with Gasteiger partial charge in [-0.3, -0.25) is 0 Å². The van der Waals surface area contributed by atoms with Crippen molar-refractivity contribution in [3.05, 3.63) is 62.5 Å². The van der Waals surface area contributed by atoms with Gasteiger partial charge in [-0.15, -0.1) is 0 Å². The maximum atomic E-state index is 5.97. The SMILES string of the molecule is CC(C)c1cc(Br)ccc1OCc1ccccc1Br. The van der Waals surface area contributed by atoms with Crippen LogP contribution in [0.25, 0.3) is 0 Å². The average Bonchev–Trinajstić information content (AvgIpc) is 2.38. The first-order valence-electron chi connectivity index (χ1n) is 6.23. The summed E-state index contributed by atoms with van der Waals surface area (Å²) in [5.74, 6) is 1.39. The number of rotatable bonds is 4. The summed E-state index contributed by atoms with van der Waals surface area (Å²) in [7, 11) is 0. The average molecular weight is 384 g/mol. The van der Waals surface area contributed by atoms with Crippen molar-refractivity contribution in [1.82, 2.24) is 0 Å². The van der Waals surface area contributed by atoms with Crippen LogP contribution in [0.4, 0.5) is 0 Å². The topological polar surface area (TPSA) is 9.23 Å². The minimum absolute atomic E-state index is 0.437. The summed E-state index contributed by atoms with van der Waals surface area (Å²) in [4.78, 5) is 0. The molecule has 0 aliphatic rings. The third-order valence-corrected chi connectivity index (χ3v) is 4.20. The van der Waals surface area contributed by atoms with Crippen molar-refractivity contribution in [2.24, 2.45) is 0 Å². The second-order valence-electron chi connectivity index (χ2n) is 4.72. The van der Waals surface area contributed by atoms with E-state index in [0.717, 1.165) is 20.3 Å². The lowest BCUT2D eigenvalue weighted by atomic mass is 10.0. The summed E-state index contributed by atoms with van der Waals surface area (Å²) in [6.45, 7) is 4.92. The number of ether oxygens (including phenoxy) is 1. The first kappa shape index (κ1) is 14.6. The molecule has 0 heterocycles. The number of hydrogen-bond donors (Lipinski definition) is 0. The van der Waals surface area contributed by atoms with Gasteiger partial charge in [0.15, 0.2) is 0 Å². The molecular weight excluding hydrogens is 368 g/mol. The Hall–Kier alpha value is -0.800. The van der Waals surface area contributed by atoms with Crippen LogP contribution in [0.15, 0.2) is 51.4 Å². The van der Waals surface area contributed by atoms with E-state index < -0.39 is 0 Å². The standard InChI is InChI=1S/C16H16Br2O/c1-11(2)14-9-13(17)7-8-16(14)19-10-12-5-3-4-6-15(12)18/h3-9,11H,10H2,1-2H3. The maximum Gasteiger partial charge on any atom is 0.123 e. The minimum Gasteiger partial charge on any atom is -0.489 e. The molecular formula is C16H16Br2O. The predicted molar refractivity (Wildman–Crippen MR) is 86.7 cm³/mol. The van der Waals surface area contributed by atoms with Crippen molar-refractivity contribution >= 4 is 31.9 Å². The summed E-state index contributed by atoms with van der Waals surface area (Å²) in [5, 5.41) is 0. The Balaban J connectivity index is 2.18. The van der Waals surface area contributed by atoms with Crippen LogP contribution in [-0.2, 0) is 6.61 Å². The Labute approximate surface area is 131 Å². The molecule has 0 N–H and O–H groups in total. The van der Waals surface area contributed by atoms with E-state index in [-0.39, 0.29) is 0 Å². The molecule has 0 amide bonds. The van der Waals surface area contributed by atoms with E-state index in [0.29, 0.717) is 12.5 Å². The third kappa shape index (κ3) is 3.83. The highest BCUT2D eigenvalue weighted by atomic mass is 79.9. The lowest BCUT2D eigenvalue weighted by Crippen LogP contribution is -2.00. The number of halogens is 2. The second-order valence-corrected chi connectivity index (χ2v) is 6.49. The highest BCUT2D eigenvalue weighted by Crippen LogP contribution is 2.30. The molecule has 100 valence electrons. The summed E-state index contributed by atoms with van der Waals surface area (Å²) in [6.07, 6.45) is 0. The maximum absolute atomic E-state index is 5.97. The van der Waals surface area contributed by atoms with Gasteiger partial charge in [0.2, 0.25) is 0 Å². The van der Waals surface area contributed by atoms with Crippen molar-refractivity contribution in [3.8, 4) is 5.75 Å². The van der Waals surface area contributed by atoms with E-state index in [1.54, 1.807) is 0 Å². The normalized spacial score (nSPS) is 10.8. The number of hydrogen-bond acceptors (Lipinski definition) is 1. The molecule has 2 aromatic carbocycles. The first-order chi connectivity index (χ1) is 9.08. The molecule has 19 heavy (non-hydrogen) atoms. The van der Waals surface area contributed by atoms with Crippen LogP contribution >= 0.6 is 31.9 Å². The van der Waals surface area contributed by atoms with Crippen LogP contribution in [-0.4, -0.2) is 0 Å². The zero-order valence-corrected chi connectivity index (χ0v) is 14.2.